The number of hydrogen-bond donors (Lipinski definition) is 1. The molecular formula is C12H26N2O. The molecule has 1 rings (SSSR count). The molecule has 3 nitrogen and oxygen atoms in total. The number of rotatable bonds is 6. The summed E-state index contributed by atoms with van der Waals surface area (Å²) in [4.78, 5) is 2.57. The van der Waals surface area contributed by atoms with Crippen LogP contribution in [0.1, 0.15) is 26.7 Å². The molecule has 0 bridgehead atoms. The van der Waals surface area contributed by atoms with Crippen LogP contribution in [0.4, 0.5) is 0 Å². The van der Waals surface area contributed by atoms with Crippen LogP contribution in [-0.4, -0.2) is 50.8 Å². The number of hydrogen-bond acceptors (Lipinski definition) is 3. The molecule has 0 spiro atoms. The number of morpholine rings is 1. The first-order valence-electron chi connectivity index (χ1n) is 6.20. The van der Waals surface area contributed by atoms with Crippen molar-refractivity contribution < 1.29 is 4.74 Å². The Morgan fingerprint density at radius 1 is 1.47 bits per heavy atom. The molecule has 15 heavy (non-hydrogen) atoms. The van der Waals surface area contributed by atoms with Crippen molar-refractivity contribution >= 4 is 0 Å². The number of ether oxygens (including phenoxy) is 1. The van der Waals surface area contributed by atoms with Gasteiger partial charge in [-0.3, -0.25) is 4.90 Å². The van der Waals surface area contributed by atoms with E-state index in [4.69, 9.17) is 4.74 Å². The van der Waals surface area contributed by atoms with Crippen molar-refractivity contribution in [3.63, 3.8) is 0 Å². The predicted molar refractivity (Wildman–Crippen MR) is 64.2 cm³/mol. The lowest BCUT2D eigenvalue weighted by Crippen LogP contribution is -2.50. The number of nitrogens with zero attached hydrogens (tertiary/aromatic N) is 1. The van der Waals surface area contributed by atoms with Crippen molar-refractivity contribution in [1.29, 1.82) is 0 Å². The fourth-order valence-electron chi connectivity index (χ4n) is 2.11. The first-order valence-corrected chi connectivity index (χ1v) is 6.20. The van der Waals surface area contributed by atoms with Crippen LogP contribution in [0, 0.1) is 5.92 Å². The highest BCUT2D eigenvalue weighted by molar-refractivity contribution is 4.76. The molecule has 0 radical (unpaired) electrons. The quantitative estimate of drug-likeness (QED) is 0.722. The van der Waals surface area contributed by atoms with Crippen molar-refractivity contribution in [1.82, 2.24) is 10.2 Å². The molecule has 3 heteroatoms. The van der Waals surface area contributed by atoms with Crippen molar-refractivity contribution in [3.05, 3.63) is 0 Å². The van der Waals surface area contributed by atoms with E-state index < -0.39 is 0 Å². The van der Waals surface area contributed by atoms with E-state index in [2.05, 4.69) is 24.1 Å². The van der Waals surface area contributed by atoms with Gasteiger partial charge in [0.2, 0.25) is 0 Å². The Labute approximate surface area is 94.2 Å². The standard InChI is InChI=1S/C12H26N2O/c1-11(2)5-4-6-14-7-8-15-10-12(14)9-13-3/h11-13H,4-10H2,1-3H3. The third-order valence-electron chi connectivity index (χ3n) is 3.02. The van der Waals surface area contributed by atoms with E-state index in [1.54, 1.807) is 0 Å². The number of likely N-dealkylation sites (N-methyl/N-ethyl adjacent to an activating group) is 1. The smallest absolute Gasteiger partial charge is 0.0634 e. The maximum Gasteiger partial charge on any atom is 0.0634 e. The SMILES string of the molecule is CNCC1COCCN1CCCC(C)C. The van der Waals surface area contributed by atoms with Gasteiger partial charge in [-0.15, -0.1) is 0 Å². The largest absolute Gasteiger partial charge is 0.378 e. The van der Waals surface area contributed by atoms with E-state index in [1.807, 2.05) is 7.05 Å². The summed E-state index contributed by atoms with van der Waals surface area (Å²) in [5.74, 6) is 0.828. The van der Waals surface area contributed by atoms with Gasteiger partial charge in [-0.25, -0.2) is 0 Å². The van der Waals surface area contributed by atoms with E-state index in [1.165, 1.54) is 19.4 Å². The van der Waals surface area contributed by atoms with Crippen LogP contribution >= 0.6 is 0 Å². The molecule has 1 saturated heterocycles. The van der Waals surface area contributed by atoms with Gasteiger partial charge in [-0.1, -0.05) is 13.8 Å². The molecule has 90 valence electrons. The van der Waals surface area contributed by atoms with Gasteiger partial charge in [-0.05, 0) is 32.4 Å². The zero-order valence-corrected chi connectivity index (χ0v) is 10.5. The van der Waals surface area contributed by atoms with Crippen LogP contribution in [0.25, 0.3) is 0 Å². The van der Waals surface area contributed by atoms with Crippen molar-refractivity contribution in [3.8, 4) is 0 Å². The molecule has 0 amide bonds. The normalized spacial score (nSPS) is 23.6. The average molecular weight is 214 g/mol. The monoisotopic (exact) mass is 214 g/mol. The lowest BCUT2D eigenvalue weighted by atomic mass is 10.1. The zero-order valence-electron chi connectivity index (χ0n) is 10.5. The summed E-state index contributed by atoms with van der Waals surface area (Å²) in [7, 11) is 2.01. The lowest BCUT2D eigenvalue weighted by molar-refractivity contribution is -0.00707. The second-order valence-corrected chi connectivity index (χ2v) is 4.86. The van der Waals surface area contributed by atoms with Gasteiger partial charge >= 0.3 is 0 Å². The van der Waals surface area contributed by atoms with Crippen LogP contribution in [0.15, 0.2) is 0 Å². The molecular weight excluding hydrogens is 188 g/mol. The van der Waals surface area contributed by atoms with Gasteiger partial charge in [0.25, 0.3) is 0 Å². The summed E-state index contributed by atoms with van der Waals surface area (Å²) in [5, 5.41) is 3.24. The second-order valence-electron chi connectivity index (χ2n) is 4.86. The minimum absolute atomic E-state index is 0.580. The van der Waals surface area contributed by atoms with Gasteiger partial charge in [0.1, 0.15) is 0 Å². The molecule has 1 unspecified atom stereocenters. The molecule has 0 saturated carbocycles. The highest BCUT2D eigenvalue weighted by Gasteiger charge is 2.21. The Morgan fingerprint density at radius 3 is 2.93 bits per heavy atom. The maximum absolute atomic E-state index is 5.51. The minimum atomic E-state index is 0.580. The maximum atomic E-state index is 5.51. The summed E-state index contributed by atoms with van der Waals surface area (Å²) in [6.07, 6.45) is 2.65. The zero-order chi connectivity index (χ0) is 11.1. The van der Waals surface area contributed by atoms with E-state index in [0.717, 1.165) is 32.2 Å². The van der Waals surface area contributed by atoms with Crippen LogP contribution in [0.3, 0.4) is 0 Å². The Morgan fingerprint density at radius 2 is 2.27 bits per heavy atom. The summed E-state index contributed by atoms with van der Waals surface area (Å²) >= 11 is 0. The molecule has 1 aliphatic rings. The molecule has 0 aromatic rings. The molecule has 1 heterocycles. The third kappa shape index (κ3) is 4.96. The van der Waals surface area contributed by atoms with Crippen LogP contribution in [0.2, 0.25) is 0 Å². The summed E-state index contributed by atoms with van der Waals surface area (Å²) in [6, 6.07) is 0.580. The highest BCUT2D eigenvalue weighted by atomic mass is 16.5. The van der Waals surface area contributed by atoms with Crippen molar-refractivity contribution in [2.75, 3.05) is 39.9 Å². The van der Waals surface area contributed by atoms with Crippen molar-refractivity contribution in [2.24, 2.45) is 5.92 Å². The van der Waals surface area contributed by atoms with Gasteiger partial charge in [0, 0.05) is 19.1 Å². The Balaban J connectivity index is 2.23. The van der Waals surface area contributed by atoms with E-state index in [9.17, 15) is 0 Å². The predicted octanol–water partition coefficient (Wildman–Crippen LogP) is 1.34. The Kier molecular flexibility index (Phi) is 6.22. The van der Waals surface area contributed by atoms with E-state index in [-0.39, 0.29) is 0 Å². The van der Waals surface area contributed by atoms with Crippen molar-refractivity contribution in [2.45, 2.75) is 32.7 Å². The first-order chi connectivity index (χ1) is 7.24. The average Bonchev–Trinajstić information content (AvgIpc) is 2.20. The minimum Gasteiger partial charge on any atom is -0.378 e. The van der Waals surface area contributed by atoms with Gasteiger partial charge in [0.15, 0.2) is 0 Å². The molecule has 1 aliphatic heterocycles. The second kappa shape index (κ2) is 7.20. The molecule has 0 aromatic heterocycles. The molecule has 1 N–H and O–H groups in total. The fraction of sp³-hybridized carbons (Fsp3) is 1.00. The van der Waals surface area contributed by atoms with E-state index in [0.29, 0.717) is 6.04 Å². The van der Waals surface area contributed by atoms with Crippen LogP contribution in [0.5, 0.6) is 0 Å². The van der Waals surface area contributed by atoms with Crippen LogP contribution in [-0.2, 0) is 4.74 Å². The Bertz CT molecular complexity index is 160. The summed E-state index contributed by atoms with van der Waals surface area (Å²) in [6.45, 7) is 9.76. The molecule has 0 aliphatic carbocycles. The van der Waals surface area contributed by atoms with E-state index >= 15 is 0 Å². The summed E-state index contributed by atoms with van der Waals surface area (Å²) in [5.41, 5.74) is 0. The van der Waals surface area contributed by atoms with Gasteiger partial charge < -0.3 is 10.1 Å². The summed E-state index contributed by atoms with van der Waals surface area (Å²) < 4.78 is 5.51. The topological polar surface area (TPSA) is 24.5 Å². The highest BCUT2D eigenvalue weighted by Crippen LogP contribution is 2.10. The lowest BCUT2D eigenvalue weighted by Gasteiger charge is -2.35. The molecule has 0 aromatic carbocycles. The third-order valence-corrected chi connectivity index (χ3v) is 3.02. The first kappa shape index (κ1) is 12.9. The van der Waals surface area contributed by atoms with Crippen LogP contribution < -0.4 is 5.32 Å². The Hall–Kier alpha value is -0.120. The fourth-order valence-corrected chi connectivity index (χ4v) is 2.11. The van der Waals surface area contributed by atoms with Gasteiger partial charge in [-0.2, -0.15) is 0 Å². The molecule has 1 fully saturated rings. The molecule has 1 atom stereocenters. The number of nitrogens with one attached hydrogen (secondary N) is 1. The van der Waals surface area contributed by atoms with Gasteiger partial charge in [0.05, 0.1) is 13.2 Å².